The van der Waals surface area contributed by atoms with E-state index < -0.39 is 0 Å². The molecule has 0 amide bonds. The van der Waals surface area contributed by atoms with E-state index in [2.05, 4.69) is 22.0 Å². The molecule has 0 aliphatic rings. The van der Waals surface area contributed by atoms with Crippen LogP contribution >= 0.6 is 27.7 Å². The number of nitrogens with zero attached hydrogens (tertiary/aromatic N) is 1. The lowest BCUT2D eigenvalue weighted by atomic mass is 10.2. The van der Waals surface area contributed by atoms with Gasteiger partial charge in [0.1, 0.15) is 24.0 Å². The third-order valence-corrected chi connectivity index (χ3v) is 3.88. The fourth-order valence-corrected chi connectivity index (χ4v) is 2.71. The van der Waals surface area contributed by atoms with Crippen LogP contribution in [0.1, 0.15) is 11.1 Å². The molecule has 0 aliphatic carbocycles. The summed E-state index contributed by atoms with van der Waals surface area (Å²) < 4.78 is 6.78. The maximum atomic E-state index is 9.22. The Morgan fingerprint density at radius 2 is 2.05 bits per heavy atom. The molecule has 2 nitrogen and oxygen atoms in total. The summed E-state index contributed by atoms with van der Waals surface area (Å²) in [5.74, 6) is 0.634. The van der Waals surface area contributed by atoms with Gasteiger partial charge in [-0.3, -0.25) is 0 Å². The molecule has 0 atom stereocenters. The summed E-state index contributed by atoms with van der Waals surface area (Å²) in [6.45, 7) is 0.450. The van der Waals surface area contributed by atoms with E-state index in [-0.39, 0.29) is 0 Å². The van der Waals surface area contributed by atoms with Crippen molar-refractivity contribution < 1.29 is 4.74 Å². The minimum absolute atomic E-state index is 0.450. The molecule has 0 heterocycles. The number of ether oxygens (including phenoxy) is 1. The Hall–Kier alpha value is -1.44. The number of rotatable bonds is 4. The van der Waals surface area contributed by atoms with Crippen molar-refractivity contribution >= 4 is 27.7 Å². The molecule has 2 aromatic rings. The summed E-state index contributed by atoms with van der Waals surface area (Å²) in [5.41, 5.74) is 1.66. The number of halogens is 1. The minimum atomic E-state index is 0.450. The molecule has 4 heteroatoms. The first kappa shape index (κ1) is 14.0. The molecule has 2 aromatic carbocycles. The molecule has 19 heavy (non-hydrogen) atoms. The number of thioether (sulfide) groups is 1. The lowest BCUT2D eigenvalue weighted by Gasteiger charge is -2.10. The number of hydrogen-bond donors (Lipinski definition) is 0. The summed E-state index contributed by atoms with van der Waals surface area (Å²) in [5, 5.41) is 9.22. The van der Waals surface area contributed by atoms with E-state index in [0.29, 0.717) is 17.9 Å². The van der Waals surface area contributed by atoms with Crippen molar-refractivity contribution in [1.29, 1.82) is 5.26 Å². The van der Waals surface area contributed by atoms with Gasteiger partial charge in [0.25, 0.3) is 0 Å². The lowest BCUT2D eigenvalue weighted by Crippen LogP contribution is -1.98. The normalized spacial score (nSPS) is 9.95. The average molecular weight is 334 g/mol. The Bertz CT molecular complexity index is 622. The highest BCUT2D eigenvalue weighted by molar-refractivity contribution is 9.10. The third kappa shape index (κ3) is 3.52. The highest BCUT2D eigenvalue weighted by atomic mass is 79.9. The Morgan fingerprint density at radius 3 is 2.74 bits per heavy atom. The van der Waals surface area contributed by atoms with Crippen molar-refractivity contribution in [2.24, 2.45) is 0 Å². The maximum Gasteiger partial charge on any atom is 0.138 e. The van der Waals surface area contributed by atoms with Gasteiger partial charge in [-0.15, -0.1) is 11.8 Å². The van der Waals surface area contributed by atoms with Gasteiger partial charge in [0.2, 0.25) is 0 Å². The van der Waals surface area contributed by atoms with Crippen molar-refractivity contribution in [3.8, 4) is 11.8 Å². The third-order valence-electron chi connectivity index (χ3n) is 2.60. The van der Waals surface area contributed by atoms with Crippen LogP contribution in [-0.2, 0) is 6.61 Å². The quantitative estimate of drug-likeness (QED) is 0.765. The standard InChI is InChI=1S/C15H12BrNOS/c1-19-15-7-3-6-14(13(15)9-17)18-10-11-4-2-5-12(16)8-11/h2-8H,10H2,1H3. The summed E-state index contributed by atoms with van der Waals surface area (Å²) in [6, 6.07) is 15.8. The van der Waals surface area contributed by atoms with Crippen molar-refractivity contribution in [2.75, 3.05) is 6.26 Å². The highest BCUT2D eigenvalue weighted by Gasteiger charge is 2.08. The maximum absolute atomic E-state index is 9.22. The van der Waals surface area contributed by atoms with Crippen LogP contribution in [0, 0.1) is 11.3 Å². The Labute approximate surface area is 125 Å². The second-order valence-electron chi connectivity index (χ2n) is 3.86. The van der Waals surface area contributed by atoms with Crippen LogP contribution in [0.15, 0.2) is 51.8 Å². The van der Waals surface area contributed by atoms with E-state index in [1.807, 2.05) is 48.7 Å². The molecule has 2 rings (SSSR count). The SMILES string of the molecule is CSc1cccc(OCc2cccc(Br)c2)c1C#N. The molecule has 0 spiro atoms. The lowest BCUT2D eigenvalue weighted by molar-refractivity contribution is 0.304. The van der Waals surface area contributed by atoms with Gasteiger partial charge in [0.05, 0.1) is 0 Å². The molecule has 0 aromatic heterocycles. The molecule has 0 aliphatic heterocycles. The molecule has 0 fully saturated rings. The van der Waals surface area contributed by atoms with Gasteiger partial charge in [-0.25, -0.2) is 0 Å². The van der Waals surface area contributed by atoms with Crippen molar-refractivity contribution in [2.45, 2.75) is 11.5 Å². The molecule has 0 radical (unpaired) electrons. The molecule has 0 saturated carbocycles. The number of nitriles is 1. The predicted molar refractivity (Wildman–Crippen MR) is 81.4 cm³/mol. The molecule has 0 unspecified atom stereocenters. The topological polar surface area (TPSA) is 33.0 Å². The summed E-state index contributed by atoms with van der Waals surface area (Å²) >= 11 is 4.98. The first-order valence-corrected chi connectivity index (χ1v) is 7.70. The van der Waals surface area contributed by atoms with Gasteiger partial charge < -0.3 is 4.74 Å². The molecule has 0 saturated heterocycles. The van der Waals surface area contributed by atoms with E-state index in [9.17, 15) is 5.26 Å². The van der Waals surface area contributed by atoms with Crippen molar-refractivity contribution in [1.82, 2.24) is 0 Å². The van der Waals surface area contributed by atoms with Gasteiger partial charge in [0.15, 0.2) is 0 Å². The minimum Gasteiger partial charge on any atom is -0.487 e. The molecule has 0 bridgehead atoms. The van der Waals surface area contributed by atoms with E-state index >= 15 is 0 Å². The van der Waals surface area contributed by atoms with Gasteiger partial charge in [-0.05, 0) is 36.1 Å². The van der Waals surface area contributed by atoms with Crippen LogP contribution in [0.5, 0.6) is 5.75 Å². The molecular formula is C15H12BrNOS. The second kappa shape index (κ2) is 6.65. The summed E-state index contributed by atoms with van der Waals surface area (Å²) in [7, 11) is 0. The van der Waals surface area contributed by atoms with Crippen molar-refractivity contribution in [3.05, 3.63) is 58.1 Å². The zero-order valence-corrected chi connectivity index (χ0v) is 12.8. The van der Waals surface area contributed by atoms with Crippen molar-refractivity contribution in [3.63, 3.8) is 0 Å². The van der Waals surface area contributed by atoms with Crippen LogP contribution in [0.4, 0.5) is 0 Å². The number of benzene rings is 2. The summed E-state index contributed by atoms with van der Waals surface area (Å²) in [4.78, 5) is 0.939. The van der Waals surface area contributed by atoms with Crippen LogP contribution in [-0.4, -0.2) is 6.26 Å². The smallest absolute Gasteiger partial charge is 0.138 e. The van der Waals surface area contributed by atoms with Crippen LogP contribution in [0.2, 0.25) is 0 Å². The fraction of sp³-hybridized carbons (Fsp3) is 0.133. The number of hydrogen-bond acceptors (Lipinski definition) is 3. The Morgan fingerprint density at radius 1 is 1.26 bits per heavy atom. The predicted octanol–water partition coefficient (Wildman–Crippen LogP) is 4.62. The first-order valence-electron chi connectivity index (χ1n) is 5.69. The second-order valence-corrected chi connectivity index (χ2v) is 5.63. The highest BCUT2D eigenvalue weighted by Crippen LogP contribution is 2.28. The monoisotopic (exact) mass is 333 g/mol. The molecular weight excluding hydrogens is 322 g/mol. The van der Waals surface area contributed by atoms with Gasteiger partial charge in [-0.2, -0.15) is 5.26 Å². The van der Waals surface area contributed by atoms with Gasteiger partial charge >= 0.3 is 0 Å². The van der Waals surface area contributed by atoms with E-state index in [4.69, 9.17) is 4.74 Å². The van der Waals surface area contributed by atoms with Gasteiger partial charge in [0, 0.05) is 9.37 Å². The fourth-order valence-electron chi connectivity index (χ4n) is 1.70. The Balaban J connectivity index is 2.18. The van der Waals surface area contributed by atoms with Gasteiger partial charge in [-0.1, -0.05) is 34.1 Å². The van der Waals surface area contributed by atoms with Crippen LogP contribution in [0.3, 0.4) is 0 Å². The van der Waals surface area contributed by atoms with E-state index in [1.165, 1.54) is 0 Å². The molecule has 0 N–H and O–H groups in total. The van der Waals surface area contributed by atoms with E-state index in [1.54, 1.807) is 11.8 Å². The zero-order chi connectivity index (χ0) is 13.7. The van der Waals surface area contributed by atoms with Crippen LogP contribution in [0.25, 0.3) is 0 Å². The first-order chi connectivity index (χ1) is 9.24. The average Bonchev–Trinajstić information content (AvgIpc) is 2.44. The van der Waals surface area contributed by atoms with Crippen LogP contribution < -0.4 is 4.74 Å². The summed E-state index contributed by atoms with van der Waals surface area (Å²) in [6.07, 6.45) is 1.95. The van der Waals surface area contributed by atoms with E-state index in [0.717, 1.165) is 14.9 Å². The largest absolute Gasteiger partial charge is 0.487 e. The zero-order valence-electron chi connectivity index (χ0n) is 10.4. The molecule has 96 valence electrons. The Kier molecular flexibility index (Phi) is 4.89.